The fourth-order valence-electron chi connectivity index (χ4n) is 2.72. The van der Waals surface area contributed by atoms with Crippen LogP contribution in [0.4, 0.5) is 11.4 Å². The van der Waals surface area contributed by atoms with Crippen LogP contribution in [-0.4, -0.2) is 62.7 Å². The summed E-state index contributed by atoms with van der Waals surface area (Å²) in [6, 6.07) is 7.18. The minimum Gasteiger partial charge on any atom is -0.379 e. The highest BCUT2D eigenvalue weighted by molar-refractivity contribution is 5.94. The molecular weight excluding hydrogens is 320 g/mol. The molecule has 1 heterocycles. The summed E-state index contributed by atoms with van der Waals surface area (Å²) in [4.78, 5) is 26.0. The van der Waals surface area contributed by atoms with Gasteiger partial charge in [0.25, 0.3) is 0 Å². The molecule has 3 rings (SSSR count). The summed E-state index contributed by atoms with van der Waals surface area (Å²) in [6.07, 6.45) is 2.54. The van der Waals surface area contributed by atoms with Crippen molar-refractivity contribution in [3.63, 3.8) is 0 Å². The van der Waals surface area contributed by atoms with Crippen LogP contribution in [0.1, 0.15) is 12.8 Å². The van der Waals surface area contributed by atoms with Crippen LogP contribution in [0.2, 0.25) is 0 Å². The van der Waals surface area contributed by atoms with Gasteiger partial charge < -0.3 is 20.7 Å². The van der Waals surface area contributed by atoms with Gasteiger partial charge in [-0.2, -0.15) is 0 Å². The van der Waals surface area contributed by atoms with Crippen LogP contribution >= 0.6 is 0 Å². The van der Waals surface area contributed by atoms with E-state index in [2.05, 4.69) is 20.9 Å². The fraction of sp³-hybridized carbons (Fsp3) is 0.556. The van der Waals surface area contributed by atoms with E-state index in [4.69, 9.17) is 4.74 Å². The number of carbonyl (C=O) groups excluding carboxylic acids is 2. The standard InChI is InChI=1S/C18H26N4O3/c23-17(12-19-11-14-1-2-14)20-15-3-5-16(6-4-15)21-18(24)13-22-7-9-25-10-8-22/h3-6,14,19H,1-2,7-13H2,(H,20,23)(H,21,24). The highest BCUT2D eigenvalue weighted by Gasteiger charge is 2.20. The second-order valence-corrected chi connectivity index (χ2v) is 6.64. The molecule has 3 N–H and O–H groups in total. The summed E-state index contributed by atoms with van der Waals surface area (Å²) in [5.74, 6) is 0.667. The van der Waals surface area contributed by atoms with Crippen molar-refractivity contribution in [3.8, 4) is 0 Å². The van der Waals surface area contributed by atoms with Gasteiger partial charge in [0.2, 0.25) is 11.8 Å². The van der Waals surface area contributed by atoms with Gasteiger partial charge in [0.1, 0.15) is 0 Å². The molecule has 7 nitrogen and oxygen atoms in total. The van der Waals surface area contributed by atoms with E-state index in [1.54, 1.807) is 24.3 Å². The molecule has 2 fully saturated rings. The Labute approximate surface area is 148 Å². The molecule has 1 aromatic rings. The molecule has 1 aliphatic heterocycles. The van der Waals surface area contributed by atoms with Crippen LogP contribution < -0.4 is 16.0 Å². The molecule has 0 spiro atoms. The third-order valence-electron chi connectivity index (χ3n) is 4.34. The predicted molar refractivity (Wildman–Crippen MR) is 96.6 cm³/mol. The van der Waals surface area contributed by atoms with Gasteiger partial charge in [0.15, 0.2) is 0 Å². The van der Waals surface area contributed by atoms with E-state index in [-0.39, 0.29) is 11.8 Å². The van der Waals surface area contributed by atoms with Crippen LogP contribution in [-0.2, 0) is 14.3 Å². The lowest BCUT2D eigenvalue weighted by molar-refractivity contribution is -0.118. The number of hydrogen-bond donors (Lipinski definition) is 3. The van der Waals surface area contributed by atoms with Crippen molar-refractivity contribution in [1.29, 1.82) is 0 Å². The summed E-state index contributed by atoms with van der Waals surface area (Å²) in [5, 5.41) is 8.88. The van der Waals surface area contributed by atoms with E-state index in [9.17, 15) is 9.59 Å². The Kier molecular flexibility index (Phi) is 6.38. The van der Waals surface area contributed by atoms with Crippen molar-refractivity contribution in [3.05, 3.63) is 24.3 Å². The van der Waals surface area contributed by atoms with Gasteiger partial charge >= 0.3 is 0 Å². The van der Waals surface area contributed by atoms with E-state index in [1.165, 1.54) is 12.8 Å². The molecule has 0 aromatic heterocycles. The third-order valence-corrected chi connectivity index (χ3v) is 4.34. The highest BCUT2D eigenvalue weighted by Crippen LogP contribution is 2.27. The molecule has 2 aliphatic rings. The monoisotopic (exact) mass is 346 g/mol. The van der Waals surface area contributed by atoms with Gasteiger partial charge in [0, 0.05) is 24.5 Å². The largest absolute Gasteiger partial charge is 0.379 e. The Hall–Kier alpha value is -1.96. The molecule has 1 saturated heterocycles. The van der Waals surface area contributed by atoms with E-state index in [0.717, 1.165) is 36.9 Å². The van der Waals surface area contributed by atoms with Gasteiger partial charge in [-0.05, 0) is 49.6 Å². The molecule has 0 radical (unpaired) electrons. The van der Waals surface area contributed by atoms with Crippen molar-refractivity contribution in [1.82, 2.24) is 10.2 Å². The average molecular weight is 346 g/mol. The van der Waals surface area contributed by atoms with E-state index >= 15 is 0 Å². The lowest BCUT2D eigenvalue weighted by atomic mass is 10.2. The maximum Gasteiger partial charge on any atom is 0.238 e. The first-order valence-electron chi connectivity index (χ1n) is 8.89. The minimum atomic E-state index is -0.0512. The lowest BCUT2D eigenvalue weighted by Gasteiger charge is -2.25. The summed E-state index contributed by atoms with van der Waals surface area (Å²) in [6.45, 7) is 4.54. The Bertz CT molecular complexity index is 580. The number of morpholine rings is 1. The van der Waals surface area contributed by atoms with Crippen LogP contribution in [0.15, 0.2) is 24.3 Å². The van der Waals surface area contributed by atoms with Gasteiger partial charge in [-0.15, -0.1) is 0 Å². The summed E-state index contributed by atoms with van der Waals surface area (Å²) in [5.41, 5.74) is 1.45. The Morgan fingerprint density at radius 1 is 1.00 bits per heavy atom. The zero-order valence-corrected chi connectivity index (χ0v) is 14.4. The molecule has 136 valence electrons. The third kappa shape index (κ3) is 6.45. The van der Waals surface area contributed by atoms with Crippen LogP contribution in [0.3, 0.4) is 0 Å². The van der Waals surface area contributed by atoms with Gasteiger partial charge in [0.05, 0.1) is 26.3 Å². The summed E-state index contributed by atoms with van der Waals surface area (Å²) < 4.78 is 5.27. The number of rotatable bonds is 8. The molecule has 0 unspecified atom stereocenters. The fourth-order valence-corrected chi connectivity index (χ4v) is 2.72. The maximum absolute atomic E-state index is 12.1. The molecule has 1 aromatic carbocycles. The summed E-state index contributed by atoms with van der Waals surface area (Å²) in [7, 11) is 0. The van der Waals surface area contributed by atoms with Gasteiger partial charge in [-0.1, -0.05) is 0 Å². The normalized spacial score (nSPS) is 17.9. The summed E-state index contributed by atoms with van der Waals surface area (Å²) >= 11 is 0. The first-order chi connectivity index (χ1) is 12.2. The van der Waals surface area contributed by atoms with Crippen LogP contribution in [0.5, 0.6) is 0 Å². The zero-order chi connectivity index (χ0) is 17.5. The Morgan fingerprint density at radius 2 is 1.60 bits per heavy atom. The van der Waals surface area contributed by atoms with E-state index in [1.807, 2.05) is 0 Å². The van der Waals surface area contributed by atoms with Crippen molar-refractivity contribution in [2.45, 2.75) is 12.8 Å². The number of nitrogens with one attached hydrogen (secondary N) is 3. The zero-order valence-electron chi connectivity index (χ0n) is 14.4. The number of nitrogens with zero attached hydrogens (tertiary/aromatic N) is 1. The smallest absolute Gasteiger partial charge is 0.238 e. The van der Waals surface area contributed by atoms with Crippen LogP contribution in [0.25, 0.3) is 0 Å². The molecular formula is C18H26N4O3. The first kappa shape index (κ1) is 17.8. The second-order valence-electron chi connectivity index (χ2n) is 6.64. The SMILES string of the molecule is O=C(CNCC1CC1)Nc1ccc(NC(=O)CN2CCOCC2)cc1. The first-order valence-corrected chi connectivity index (χ1v) is 8.89. The maximum atomic E-state index is 12.1. The molecule has 7 heteroatoms. The minimum absolute atomic E-state index is 0.0389. The highest BCUT2D eigenvalue weighted by atomic mass is 16.5. The number of anilines is 2. The van der Waals surface area contributed by atoms with Crippen molar-refractivity contribution in [2.24, 2.45) is 5.92 Å². The quantitative estimate of drug-likeness (QED) is 0.651. The molecule has 1 aliphatic carbocycles. The van der Waals surface area contributed by atoms with Crippen molar-refractivity contribution in [2.75, 3.05) is 56.6 Å². The van der Waals surface area contributed by atoms with E-state index < -0.39 is 0 Å². The number of carbonyl (C=O) groups is 2. The van der Waals surface area contributed by atoms with Gasteiger partial charge in [-0.3, -0.25) is 14.5 Å². The average Bonchev–Trinajstić information content (AvgIpc) is 3.42. The van der Waals surface area contributed by atoms with E-state index in [0.29, 0.717) is 26.3 Å². The number of ether oxygens (including phenoxy) is 1. The molecule has 25 heavy (non-hydrogen) atoms. The molecule has 0 atom stereocenters. The number of benzene rings is 1. The topological polar surface area (TPSA) is 82.7 Å². The predicted octanol–water partition coefficient (Wildman–Crippen LogP) is 0.895. The number of hydrogen-bond acceptors (Lipinski definition) is 5. The van der Waals surface area contributed by atoms with Gasteiger partial charge in [-0.25, -0.2) is 0 Å². The second kappa shape index (κ2) is 8.94. The Balaban J connectivity index is 1.38. The number of amides is 2. The lowest BCUT2D eigenvalue weighted by Crippen LogP contribution is -2.41. The molecule has 1 saturated carbocycles. The van der Waals surface area contributed by atoms with Crippen LogP contribution in [0, 0.1) is 5.92 Å². The van der Waals surface area contributed by atoms with Crippen molar-refractivity contribution < 1.29 is 14.3 Å². The molecule has 0 bridgehead atoms. The van der Waals surface area contributed by atoms with Crippen molar-refractivity contribution >= 4 is 23.2 Å². The Morgan fingerprint density at radius 3 is 2.20 bits per heavy atom. The molecule has 2 amide bonds.